The van der Waals surface area contributed by atoms with Gasteiger partial charge in [0, 0.05) is 59.3 Å². The van der Waals surface area contributed by atoms with Crippen molar-refractivity contribution in [1.29, 1.82) is 0 Å². The van der Waals surface area contributed by atoms with Crippen LogP contribution in [-0.4, -0.2) is 38.3 Å². The van der Waals surface area contributed by atoms with Crippen LogP contribution in [0.2, 0.25) is 10.0 Å². The number of allylic oxidation sites excluding steroid dienone is 2. The Morgan fingerprint density at radius 2 is 0.926 bits per heavy atom. The van der Waals surface area contributed by atoms with Crippen molar-refractivity contribution in [2.75, 3.05) is 13.2 Å². The molecular weight excluding hydrogens is 1210 g/mol. The fourth-order valence-electron chi connectivity index (χ4n) is 15.4. The van der Waals surface area contributed by atoms with Gasteiger partial charge >= 0.3 is 0 Å². The second-order valence-electron chi connectivity index (χ2n) is 36.0. The first-order valence-electron chi connectivity index (χ1n) is 34.8. The molecule has 2 N–H and O–H groups in total. The maximum Gasteiger partial charge on any atom is 0.218 e. The third-order valence-corrected chi connectivity index (χ3v) is 20.2. The van der Waals surface area contributed by atoms with Crippen molar-refractivity contribution in [2.45, 2.75) is 237 Å². The molecule has 0 spiro atoms. The molecule has 0 radical (unpaired) electrons. The van der Waals surface area contributed by atoms with Gasteiger partial charge in [-0.1, -0.05) is 212 Å². The van der Waals surface area contributed by atoms with E-state index in [1.807, 2.05) is 31.2 Å². The zero-order chi connectivity index (χ0) is 69.9. The van der Waals surface area contributed by atoms with E-state index in [1.165, 1.54) is 22.3 Å². The zero-order valence-corrected chi connectivity index (χ0v) is 63.5. The summed E-state index contributed by atoms with van der Waals surface area (Å²) in [6.45, 7) is 55.1. The van der Waals surface area contributed by atoms with Gasteiger partial charge in [0.1, 0.15) is 17.5 Å². The third-order valence-electron chi connectivity index (χ3n) is 19.8. The van der Waals surface area contributed by atoms with E-state index in [-0.39, 0.29) is 55.7 Å². The molecule has 1 aliphatic rings. The van der Waals surface area contributed by atoms with Crippen LogP contribution >= 0.6 is 23.2 Å². The smallest absolute Gasteiger partial charge is 0.218 e. The lowest BCUT2D eigenvalue weighted by molar-refractivity contribution is -0.178. The number of nitrogens with zero attached hydrogens (tertiary/aromatic N) is 2. The lowest BCUT2D eigenvalue weighted by Gasteiger charge is -2.44. The lowest BCUT2D eigenvalue weighted by Crippen LogP contribution is -2.45. The van der Waals surface area contributed by atoms with Crippen LogP contribution in [0.4, 0.5) is 0 Å². The molecule has 2 unspecified atom stereocenters. The summed E-state index contributed by atoms with van der Waals surface area (Å²) >= 11 is 14.1. The fourth-order valence-corrected chi connectivity index (χ4v) is 16.0. The minimum atomic E-state index is -1.84. The normalized spacial score (nSPS) is 16.6. The molecular formula is C87H110Cl2N2O4. The quantitative estimate of drug-likeness (QED) is 0.0747. The standard InChI is InChI=1S/C87H110Cl2N2O4/c1-53-38-55(41-62(88)39-53)70-47-61(86(23,24)52-80(6,7)8)49-76(91-73-34-30-58(83(15,16)17)44-66(73)67-45-59(84(18,19)20)31-35-74(67)91)87(70,93)95-37-27-25-26-36-94-78-54(2)40-63(89)50-69(78)68-46-60(85(21,22)51-79(3,4)5)48-75(77(68)92)90-71-32-28-56(81(9,10)11)42-64(71)65-43-57(82(12,13)14)29-33-72(65)90/h28-35,38-50,76,92-93H,25-27,36-37,51-52H2,1-24H3. The number of fused-ring (bicyclic) bond motifs is 6. The number of aromatic nitrogens is 2. The van der Waals surface area contributed by atoms with Crippen molar-refractivity contribution in [3.63, 3.8) is 0 Å². The van der Waals surface area contributed by atoms with E-state index < -0.39 is 11.8 Å². The van der Waals surface area contributed by atoms with Crippen LogP contribution in [-0.2, 0) is 31.8 Å². The molecule has 0 bridgehead atoms. The number of aliphatic hydroxyl groups is 1. The highest BCUT2D eigenvalue weighted by molar-refractivity contribution is 6.31. The van der Waals surface area contributed by atoms with Gasteiger partial charge in [-0.25, -0.2) is 0 Å². The highest BCUT2D eigenvalue weighted by Crippen LogP contribution is 2.54. The van der Waals surface area contributed by atoms with E-state index >= 15 is 0 Å². The molecule has 7 aromatic carbocycles. The molecule has 1 aliphatic carbocycles. The molecule has 2 heterocycles. The van der Waals surface area contributed by atoms with Gasteiger partial charge < -0.3 is 28.8 Å². The Bertz CT molecular complexity index is 4320. The Labute approximate surface area is 580 Å². The van der Waals surface area contributed by atoms with E-state index in [2.05, 4.69) is 272 Å². The first-order chi connectivity index (χ1) is 43.8. The van der Waals surface area contributed by atoms with Crippen LogP contribution in [0.25, 0.3) is 66.0 Å². The number of halogens is 2. The third kappa shape index (κ3) is 14.8. The van der Waals surface area contributed by atoms with Gasteiger partial charge in [-0.05, 0) is 230 Å². The summed E-state index contributed by atoms with van der Waals surface area (Å²) in [6, 6.07) is 41.2. The van der Waals surface area contributed by atoms with E-state index in [9.17, 15) is 10.2 Å². The minimum Gasteiger partial charge on any atom is -0.505 e. The van der Waals surface area contributed by atoms with Gasteiger partial charge in [0.05, 0.1) is 29.9 Å². The predicted octanol–water partition coefficient (Wildman–Crippen LogP) is 25.1. The molecule has 2 aromatic heterocycles. The molecule has 95 heavy (non-hydrogen) atoms. The van der Waals surface area contributed by atoms with Crippen molar-refractivity contribution >= 4 is 72.4 Å². The number of rotatable bonds is 16. The Balaban J connectivity index is 1.02. The summed E-state index contributed by atoms with van der Waals surface area (Å²) in [5.74, 6) is -0.995. The molecule has 10 rings (SSSR count). The number of benzene rings is 7. The maximum absolute atomic E-state index is 14.2. The van der Waals surface area contributed by atoms with Crippen molar-refractivity contribution in [1.82, 2.24) is 9.13 Å². The highest BCUT2D eigenvalue weighted by Gasteiger charge is 2.48. The number of ether oxygens (including phenoxy) is 2. The van der Waals surface area contributed by atoms with Gasteiger partial charge in [-0.2, -0.15) is 0 Å². The highest BCUT2D eigenvalue weighted by atomic mass is 35.5. The Morgan fingerprint density at radius 3 is 1.40 bits per heavy atom. The number of phenols is 1. The first kappa shape index (κ1) is 71.5. The van der Waals surface area contributed by atoms with Crippen molar-refractivity contribution < 1.29 is 19.7 Å². The van der Waals surface area contributed by atoms with Crippen LogP contribution in [0.3, 0.4) is 0 Å². The maximum atomic E-state index is 14.2. The minimum absolute atomic E-state index is 0.0148. The summed E-state index contributed by atoms with van der Waals surface area (Å²) in [5.41, 5.74) is 16.1. The second-order valence-corrected chi connectivity index (χ2v) is 36.8. The summed E-state index contributed by atoms with van der Waals surface area (Å²) < 4.78 is 18.9. The van der Waals surface area contributed by atoms with Gasteiger partial charge in [0.15, 0.2) is 0 Å². The molecule has 0 saturated heterocycles. The summed E-state index contributed by atoms with van der Waals surface area (Å²) in [4.78, 5) is 0. The van der Waals surface area contributed by atoms with E-state index in [0.717, 1.165) is 96.3 Å². The Morgan fingerprint density at radius 1 is 0.474 bits per heavy atom. The fraction of sp³-hybridized carbons (Fsp3) is 0.471. The van der Waals surface area contributed by atoms with Crippen LogP contribution in [0.5, 0.6) is 11.5 Å². The van der Waals surface area contributed by atoms with E-state index in [1.54, 1.807) is 0 Å². The van der Waals surface area contributed by atoms with Gasteiger partial charge in [0.2, 0.25) is 5.79 Å². The first-order valence-corrected chi connectivity index (χ1v) is 35.6. The largest absolute Gasteiger partial charge is 0.505 e. The molecule has 506 valence electrons. The molecule has 6 nitrogen and oxygen atoms in total. The molecule has 0 amide bonds. The Hall–Kier alpha value is -6.28. The van der Waals surface area contributed by atoms with Crippen LogP contribution in [0.15, 0.2) is 133 Å². The summed E-state index contributed by atoms with van der Waals surface area (Å²) in [6.07, 6.45) is 8.43. The second kappa shape index (κ2) is 25.2. The zero-order valence-electron chi connectivity index (χ0n) is 62.0. The van der Waals surface area contributed by atoms with Gasteiger partial charge in [-0.15, -0.1) is 0 Å². The number of aryl methyl sites for hydroxylation is 2. The average molecular weight is 1320 g/mol. The number of phenolic OH excluding ortho intramolecular Hbond substituents is 1. The number of unbranched alkanes of at least 4 members (excludes halogenated alkanes) is 2. The molecule has 2 atom stereocenters. The number of aromatic hydroxyl groups is 1. The van der Waals surface area contributed by atoms with Crippen LogP contribution in [0, 0.1) is 30.1 Å². The van der Waals surface area contributed by atoms with Crippen LogP contribution in [0.1, 0.15) is 235 Å². The van der Waals surface area contributed by atoms with E-state index in [4.69, 9.17) is 32.7 Å². The van der Waals surface area contributed by atoms with Gasteiger partial charge in [-0.3, -0.25) is 0 Å². The summed E-state index contributed by atoms with van der Waals surface area (Å²) in [5, 5.41) is 33.2. The van der Waals surface area contributed by atoms with Crippen molar-refractivity contribution in [3.8, 4) is 28.3 Å². The lowest BCUT2D eigenvalue weighted by atomic mass is 9.68. The van der Waals surface area contributed by atoms with E-state index in [0.29, 0.717) is 52.1 Å². The predicted molar refractivity (Wildman–Crippen MR) is 408 cm³/mol. The number of hydrogen-bond acceptors (Lipinski definition) is 4. The molecule has 0 fully saturated rings. The SMILES string of the molecule is Cc1cc(Cl)cc(C2=CC(C(C)(C)CC(C)(C)C)=CC(n3c4ccc(C(C)(C)C)cc4c4cc(C(C)(C)C)ccc43)C2(O)OCCCCCOc2c(C)cc(Cl)cc2-c2cc(C(C)(C)CC(C)(C)C)cc(-n3c4ccc(C(C)(C)C)cc4c4cc(C(C)(C)C)ccc43)c2O)c1. The molecule has 8 heteroatoms. The molecule has 0 aliphatic heterocycles. The van der Waals surface area contributed by atoms with Crippen molar-refractivity contribution in [2.24, 2.45) is 16.2 Å². The number of hydrogen-bond donors (Lipinski definition) is 2. The van der Waals surface area contributed by atoms with Crippen LogP contribution < -0.4 is 4.74 Å². The molecule has 9 aromatic rings. The average Bonchev–Trinajstić information content (AvgIpc) is 1.66. The monoisotopic (exact) mass is 1320 g/mol. The van der Waals surface area contributed by atoms with Gasteiger partial charge in [0.25, 0.3) is 0 Å². The van der Waals surface area contributed by atoms with Crippen molar-refractivity contribution in [3.05, 3.63) is 188 Å². The molecule has 0 saturated carbocycles. The Kier molecular flexibility index (Phi) is 19.0. The topological polar surface area (TPSA) is 68.8 Å². The summed E-state index contributed by atoms with van der Waals surface area (Å²) in [7, 11) is 0.